The molecule has 1 aromatic carbocycles. The van der Waals surface area contributed by atoms with Crippen LogP contribution in [-0.4, -0.2) is 67.4 Å². The Hall–Kier alpha value is -1.15. The van der Waals surface area contributed by atoms with Crippen molar-refractivity contribution < 1.29 is 23.0 Å². The Morgan fingerprint density at radius 2 is 2.00 bits per heavy atom. The van der Waals surface area contributed by atoms with Crippen LogP contribution >= 0.6 is 0 Å². The van der Waals surface area contributed by atoms with Gasteiger partial charge in [0.1, 0.15) is 0 Å². The Bertz CT molecular complexity index is 525. The molecular weight excluding hydrogens is 321 g/mol. The first-order chi connectivity index (χ1) is 11.3. The maximum Gasteiger partial charge on any atom is 0.416 e. The van der Waals surface area contributed by atoms with E-state index >= 15 is 0 Å². The van der Waals surface area contributed by atoms with Crippen molar-refractivity contribution in [3.8, 4) is 0 Å². The topological polar surface area (TPSA) is 35.9 Å². The Morgan fingerprint density at radius 1 is 1.29 bits per heavy atom. The van der Waals surface area contributed by atoms with Crippen molar-refractivity contribution in [2.45, 2.75) is 25.2 Å². The van der Waals surface area contributed by atoms with E-state index in [9.17, 15) is 18.3 Å². The maximum atomic E-state index is 13.1. The zero-order valence-corrected chi connectivity index (χ0v) is 14.1. The second-order valence-electron chi connectivity index (χ2n) is 6.24. The summed E-state index contributed by atoms with van der Waals surface area (Å²) in [6.45, 7) is 6.04. The highest BCUT2D eigenvalue weighted by Crippen LogP contribution is 2.34. The monoisotopic (exact) mass is 346 g/mol. The molecule has 1 aliphatic heterocycles. The fraction of sp³-hybridized carbons (Fsp3) is 0.647. The summed E-state index contributed by atoms with van der Waals surface area (Å²) in [6.07, 6.45) is -5.61. The number of hydrogen-bond donors (Lipinski definition) is 1. The molecule has 2 atom stereocenters. The van der Waals surface area contributed by atoms with E-state index in [1.807, 2.05) is 4.90 Å². The molecule has 1 heterocycles. The maximum absolute atomic E-state index is 13.1. The number of rotatable bonds is 6. The normalized spacial score (nSPS) is 21.8. The van der Waals surface area contributed by atoms with E-state index in [-0.39, 0.29) is 18.2 Å². The number of nitrogens with zero attached hydrogens (tertiary/aromatic N) is 2. The molecule has 1 N–H and O–H groups in total. The number of β-amino-alcohol motifs (C(OH)–C–C–N with tert-alkyl or cyclic N) is 1. The molecule has 0 amide bonds. The van der Waals surface area contributed by atoms with E-state index < -0.39 is 17.8 Å². The largest absolute Gasteiger partial charge is 0.416 e. The average molecular weight is 346 g/mol. The smallest absolute Gasteiger partial charge is 0.387 e. The van der Waals surface area contributed by atoms with Crippen molar-refractivity contribution in [3.05, 3.63) is 35.4 Å². The summed E-state index contributed by atoms with van der Waals surface area (Å²) in [6, 6.07) is 5.52. The van der Waals surface area contributed by atoms with E-state index in [2.05, 4.69) is 11.8 Å². The van der Waals surface area contributed by atoms with Gasteiger partial charge in [0.25, 0.3) is 0 Å². The second-order valence-corrected chi connectivity index (χ2v) is 6.24. The second kappa shape index (κ2) is 8.29. The van der Waals surface area contributed by atoms with Crippen LogP contribution in [0.5, 0.6) is 0 Å². The van der Waals surface area contributed by atoms with Crippen LogP contribution in [0.1, 0.15) is 24.2 Å². The minimum Gasteiger partial charge on any atom is -0.387 e. The highest BCUT2D eigenvalue weighted by molar-refractivity contribution is 5.31. The molecule has 0 aliphatic carbocycles. The van der Waals surface area contributed by atoms with E-state index in [0.29, 0.717) is 6.61 Å². The van der Waals surface area contributed by atoms with Crippen molar-refractivity contribution in [1.82, 2.24) is 9.80 Å². The van der Waals surface area contributed by atoms with Gasteiger partial charge in [-0.2, -0.15) is 13.2 Å². The third-order valence-electron chi connectivity index (χ3n) is 4.49. The van der Waals surface area contributed by atoms with Gasteiger partial charge in [0.05, 0.1) is 18.3 Å². The molecule has 1 aromatic rings. The van der Waals surface area contributed by atoms with E-state index in [1.165, 1.54) is 18.2 Å². The minimum atomic E-state index is -4.45. The van der Waals surface area contributed by atoms with Gasteiger partial charge in [-0.15, -0.1) is 0 Å². The van der Waals surface area contributed by atoms with E-state index in [0.717, 1.165) is 32.2 Å². The predicted molar refractivity (Wildman–Crippen MR) is 85.8 cm³/mol. The fourth-order valence-electron chi connectivity index (χ4n) is 3.17. The third kappa shape index (κ3) is 4.92. The predicted octanol–water partition coefficient (Wildman–Crippen LogP) is 2.39. The molecule has 136 valence electrons. The number of hydrogen-bond acceptors (Lipinski definition) is 4. The molecule has 1 saturated heterocycles. The van der Waals surface area contributed by atoms with Gasteiger partial charge in [-0.1, -0.05) is 18.2 Å². The molecule has 0 radical (unpaired) electrons. The standard InChI is InChI=1S/C17H25F3N2O2/c1-13-11-21(7-8-22(13)9-10-24-2)12-16(23)14-5-3-4-6-15(14)17(18,19)20/h3-6,13,16,23H,7-12H2,1-2H3/t13-,16-/m1/s1. The minimum absolute atomic E-state index is 0.0561. The van der Waals surface area contributed by atoms with Gasteiger partial charge >= 0.3 is 6.18 Å². The lowest BCUT2D eigenvalue weighted by Gasteiger charge is -2.40. The molecule has 0 saturated carbocycles. The average Bonchev–Trinajstić information content (AvgIpc) is 2.53. The first-order valence-corrected chi connectivity index (χ1v) is 8.12. The van der Waals surface area contributed by atoms with Crippen molar-refractivity contribution >= 4 is 0 Å². The van der Waals surface area contributed by atoms with Gasteiger partial charge in [-0.25, -0.2) is 0 Å². The fourth-order valence-corrected chi connectivity index (χ4v) is 3.17. The van der Waals surface area contributed by atoms with Crippen LogP contribution in [-0.2, 0) is 10.9 Å². The summed E-state index contributed by atoms with van der Waals surface area (Å²) in [5.41, 5.74) is -0.816. The van der Waals surface area contributed by atoms with Crippen molar-refractivity contribution in [2.24, 2.45) is 0 Å². The molecule has 4 nitrogen and oxygen atoms in total. The molecule has 2 rings (SSSR count). The van der Waals surface area contributed by atoms with Gasteiger partial charge in [0, 0.05) is 45.9 Å². The first-order valence-electron chi connectivity index (χ1n) is 8.12. The molecular formula is C17H25F3N2O2. The molecule has 7 heteroatoms. The molecule has 0 aromatic heterocycles. The van der Waals surface area contributed by atoms with Crippen LogP contribution in [0.25, 0.3) is 0 Å². The lowest BCUT2D eigenvalue weighted by Crippen LogP contribution is -2.53. The number of methoxy groups -OCH3 is 1. The van der Waals surface area contributed by atoms with Crippen LogP contribution in [0.4, 0.5) is 13.2 Å². The molecule has 0 unspecified atom stereocenters. The quantitative estimate of drug-likeness (QED) is 0.858. The Morgan fingerprint density at radius 3 is 2.62 bits per heavy atom. The molecule has 24 heavy (non-hydrogen) atoms. The van der Waals surface area contributed by atoms with Gasteiger partial charge < -0.3 is 9.84 Å². The van der Waals surface area contributed by atoms with Crippen molar-refractivity contribution in [3.63, 3.8) is 0 Å². The van der Waals surface area contributed by atoms with Crippen molar-refractivity contribution in [2.75, 3.05) is 46.4 Å². The molecule has 0 bridgehead atoms. The van der Waals surface area contributed by atoms with E-state index in [1.54, 1.807) is 7.11 Å². The number of ether oxygens (including phenoxy) is 1. The Kier molecular flexibility index (Phi) is 6.62. The summed E-state index contributed by atoms with van der Waals surface area (Å²) in [4.78, 5) is 4.31. The summed E-state index contributed by atoms with van der Waals surface area (Å²) in [7, 11) is 1.66. The van der Waals surface area contributed by atoms with Crippen molar-refractivity contribution in [1.29, 1.82) is 0 Å². The molecule has 0 spiro atoms. The Balaban J connectivity index is 1.98. The lowest BCUT2D eigenvalue weighted by atomic mass is 10.0. The zero-order chi connectivity index (χ0) is 17.7. The summed E-state index contributed by atoms with van der Waals surface area (Å²) >= 11 is 0. The third-order valence-corrected chi connectivity index (χ3v) is 4.49. The van der Waals surface area contributed by atoms with Gasteiger partial charge in [-0.3, -0.25) is 9.80 Å². The number of aliphatic hydroxyl groups is 1. The van der Waals surface area contributed by atoms with Gasteiger partial charge in [-0.05, 0) is 18.6 Å². The van der Waals surface area contributed by atoms with Crippen LogP contribution < -0.4 is 0 Å². The zero-order valence-electron chi connectivity index (χ0n) is 14.1. The van der Waals surface area contributed by atoms with Crippen LogP contribution in [0.2, 0.25) is 0 Å². The van der Waals surface area contributed by atoms with Gasteiger partial charge in [0.2, 0.25) is 0 Å². The van der Waals surface area contributed by atoms with Crippen LogP contribution in [0.15, 0.2) is 24.3 Å². The number of benzene rings is 1. The number of aliphatic hydroxyl groups excluding tert-OH is 1. The van der Waals surface area contributed by atoms with E-state index in [4.69, 9.17) is 4.74 Å². The summed E-state index contributed by atoms with van der Waals surface area (Å²) in [5, 5.41) is 10.3. The molecule has 1 aliphatic rings. The van der Waals surface area contributed by atoms with Crippen LogP contribution in [0, 0.1) is 0 Å². The first kappa shape index (κ1) is 19.2. The highest BCUT2D eigenvalue weighted by Gasteiger charge is 2.35. The highest BCUT2D eigenvalue weighted by atomic mass is 19.4. The summed E-state index contributed by atoms with van der Waals surface area (Å²) in [5.74, 6) is 0. The number of halogens is 3. The summed E-state index contributed by atoms with van der Waals surface area (Å²) < 4.78 is 44.3. The number of piperazine rings is 1. The van der Waals surface area contributed by atoms with Gasteiger partial charge in [0.15, 0.2) is 0 Å². The number of alkyl halides is 3. The molecule has 1 fully saturated rings. The lowest BCUT2D eigenvalue weighted by molar-refractivity contribution is -0.139. The Labute approximate surface area is 140 Å². The van der Waals surface area contributed by atoms with Crippen LogP contribution in [0.3, 0.4) is 0 Å². The SMILES string of the molecule is COCCN1CCN(C[C@@H](O)c2ccccc2C(F)(F)F)C[C@H]1C.